The molecule has 0 saturated carbocycles. The Labute approximate surface area is 59.7 Å². The topological polar surface area (TPSA) is 0 Å². The molecule has 1 atom stereocenters. The van der Waals surface area contributed by atoms with Gasteiger partial charge in [-0.05, 0) is 19.3 Å². The Morgan fingerprint density at radius 2 is 2.00 bits per heavy atom. The maximum Gasteiger partial charge on any atom is -0.0349 e. The van der Waals surface area contributed by atoms with E-state index in [-0.39, 0.29) is 0 Å². The van der Waals surface area contributed by atoms with Gasteiger partial charge in [0.1, 0.15) is 0 Å². The molecule has 0 N–H and O–H groups in total. The number of hydrogen-bond acceptors (Lipinski definition) is 0. The summed E-state index contributed by atoms with van der Waals surface area (Å²) in [6.45, 7) is 9.96. The first-order chi connectivity index (χ1) is 4.35. The summed E-state index contributed by atoms with van der Waals surface area (Å²) >= 11 is 0. The number of hydrogen-bond donors (Lipinski definition) is 0. The van der Waals surface area contributed by atoms with Crippen molar-refractivity contribution in [2.45, 2.75) is 46.0 Å². The summed E-state index contributed by atoms with van der Waals surface area (Å²) in [6, 6.07) is 0. The summed E-state index contributed by atoms with van der Waals surface area (Å²) in [4.78, 5) is 0. The molecule has 2 radical (unpaired) electrons. The first-order valence-electron chi connectivity index (χ1n) is 4.05. The highest BCUT2D eigenvalue weighted by molar-refractivity contribution is 4.57. The maximum absolute atomic E-state index is 5.52. The van der Waals surface area contributed by atoms with E-state index in [2.05, 4.69) is 13.8 Å². The van der Waals surface area contributed by atoms with E-state index in [0.717, 1.165) is 12.3 Å². The molecule has 0 bridgehead atoms. The molecule has 0 aliphatic heterocycles. The fraction of sp³-hybridized carbons (Fsp3) is 0.889. The molecule has 54 valence electrons. The predicted octanol–water partition coefficient (Wildman–Crippen LogP) is 3.30. The van der Waals surface area contributed by atoms with E-state index in [1.807, 2.05) is 0 Å². The lowest BCUT2D eigenvalue weighted by atomic mass is 9.97. The fourth-order valence-corrected chi connectivity index (χ4v) is 0.981. The average Bonchev–Trinajstić information content (AvgIpc) is 1.91. The first kappa shape index (κ1) is 9.00. The Balaban J connectivity index is 3.09. The second-order valence-corrected chi connectivity index (χ2v) is 2.65. The Morgan fingerprint density at radius 1 is 1.33 bits per heavy atom. The zero-order valence-electron chi connectivity index (χ0n) is 6.69. The monoisotopic (exact) mass is 126 g/mol. The lowest BCUT2D eigenvalue weighted by Crippen LogP contribution is -1.95. The zero-order valence-corrected chi connectivity index (χ0v) is 6.69. The van der Waals surface area contributed by atoms with Crippen molar-refractivity contribution in [1.82, 2.24) is 0 Å². The van der Waals surface area contributed by atoms with E-state index in [1.54, 1.807) is 0 Å². The van der Waals surface area contributed by atoms with Gasteiger partial charge in [-0.3, -0.25) is 0 Å². The lowest BCUT2D eigenvalue weighted by molar-refractivity contribution is 0.455. The first-order valence-corrected chi connectivity index (χ1v) is 4.05. The van der Waals surface area contributed by atoms with Gasteiger partial charge in [-0.1, -0.05) is 39.5 Å². The van der Waals surface area contributed by atoms with E-state index in [0.29, 0.717) is 0 Å². The highest BCUT2D eigenvalue weighted by Crippen LogP contribution is 2.14. The molecule has 0 heteroatoms. The van der Waals surface area contributed by atoms with Crippen molar-refractivity contribution < 1.29 is 0 Å². The normalized spacial score (nSPS) is 10.7. The van der Waals surface area contributed by atoms with Gasteiger partial charge in [0.25, 0.3) is 0 Å². The summed E-state index contributed by atoms with van der Waals surface area (Å²) in [5, 5.41) is 0. The molecule has 0 aromatic heterocycles. The van der Waals surface area contributed by atoms with Crippen LogP contribution in [0, 0.1) is 12.8 Å². The van der Waals surface area contributed by atoms with Gasteiger partial charge < -0.3 is 0 Å². The Morgan fingerprint density at radius 3 is 2.33 bits per heavy atom. The van der Waals surface area contributed by atoms with Crippen LogP contribution in [0.4, 0.5) is 0 Å². The van der Waals surface area contributed by atoms with Crippen LogP contribution < -0.4 is 0 Å². The van der Waals surface area contributed by atoms with Crippen molar-refractivity contribution in [1.29, 1.82) is 0 Å². The van der Waals surface area contributed by atoms with Crippen LogP contribution in [0.1, 0.15) is 46.0 Å². The van der Waals surface area contributed by atoms with Gasteiger partial charge in [0.15, 0.2) is 0 Å². The molecule has 0 amide bonds. The molecule has 0 heterocycles. The smallest absolute Gasteiger partial charge is 0.0349 e. The molecule has 0 aliphatic rings. The second-order valence-electron chi connectivity index (χ2n) is 2.65. The number of rotatable bonds is 5. The minimum Gasteiger partial charge on any atom is -0.0654 e. The third-order valence-corrected chi connectivity index (χ3v) is 1.88. The molecule has 0 aliphatic carbocycles. The van der Waals surface area contributed by atoms with Crippen molar-refractivity contribution >= 4 is 0 Å². The largest absolute Gasteiger partial charge is 0.0654 e. The molecule has 0 saturated heterocycles. The van der Waals surface area contributed by atoms with E-state index in [4.69, 9.17) is 6.92 Å². The molecule has 0 rings (SSSR count). The minimum atomic E-state index is 0.782. The van der Waals surface area contributed by atoms with Crippen molar-refractivity contribution in [3.63, 3.8) is 0 Å². The molecule has 0 spiro atoms. The summed E-state index contributed by atoms with van der Waals surface area (Å²) in [7, 11) is 0. The van der Waals surface area contributed by atoms with Crippen LogP contribution >= 0.6 is 0 Å². The quantitative estimate of drug-likeness (QED) is 0.530. The van der Waals surface area contributed by atoms with Crippen LogP contribution in [-0.4, -0.2) is 0 Å². The van der Waals surface area contributed by atoms with Crippen LogP contribution in [0.25, 0.3) is 0 Å². The Hall–Kier alpha value is 0. The maximum atomic E-state index is 5.52. The fourth-order valence-electron chi connectivity index (χ4n) is 0.981. The van der Waals surface area contributed by atoms with Crippen molar-refractivity contribution in [2.75, 3.05) is 0 Å². The lowest BCUT2D eigenvalue weighted by Gasteiger charge is -2.09. The van der Waals surface area contributed by atoms with E-state index < -0.39 is 0 Å². The van der Waals surface area contributed by atoms with Crippen LogP contribution in [-0.2, 0) is 0 Å². The van der Waals surface area contributed by atoms with E-state index in [9.17, 15) is 0 Å². The SMILES string of the molecule is [CH]CC(CC)CCCC. The summed E-state index contributed by atoms with van der Waals surface area (Å²) in [5.41, 5.74) is 0. The third-order valence-electron chi connectivity index (χ3n) is 1.88. The molecular weight excluding hydrogens is 108 g/mol. The molecule has 1 unspecified atom stereocenters. The van der Waals surface area contributed by atoms with E-state index >= 15 is 0 Å². The van der Waals surface area contributed by atoms with Gasteiger partial charge in [-0.25, -0.2) is 0 Å². The molecule has 0 aromatic rings. The molecular formula is C9H18. The zero-order chi connectivity index (χ0) is 7.11. The highest BCUT2D eigenvalue weighted by Gasteiger charge is 2.00. The van der Waals surface area contributed by atoms with Gasteiger partial charge in [-0.2, -0.15) is 0 Å². The average molecular weight is 126 g/mol. The summed E-state index contributed by atoms with van der Waals surface area (Å²) in [5.74, 6) is 0.782. The van der Waals surface area contributed by atoms with Gasteiger partial charge >= 0.3 is 0 Å². The van der Waals surface area contributed by atoms with Gasteiger partial charge in [0.05, 0.1) is 0 Å². The molecule has 0 fully saturated rings. The Kier molecular flexibility index (Phi) is 6.12. The van der Waals surface area contributed by atoms with E-state index in [1.165, 1.54) is 25.7 Å². The van der Waals surface area contributed by atoms with Crippen molar-refractivity contribution in [3.05, 3.63) is 6.92 Å². The second kappa shape index (κ2) is 6.12. The Bertz CT molecular complexity index is 44.0. The van der Waals surface area contributed by atoms with Gasteiger partial charge in [0, 0.05) is 0 Å². The van der Waals surface area contributed by atoms with Crippen LogP contribution in [0.15, 0.2) is 0 Å². The van der Waals surface area contributed by atoms with Crippen LogP contribution in [0.2, 0.25) is 0 Å². The molecule has 9 heavy (non-hydrogen) atoms. The number of unbranched alkanes of at least 4 members (excludes halogenated alkanes) is 1. The minimum absolute atomic E-state index is 0.782. The molecule has 0 nitrogen and oxygen atoms in total. The van der Waals surface area contributed by atoms with Crippen molar-refractivity contribution in [2.24, 2.45) is 5.92 Å². The molecule has 0 aromatic carbocycles. The summed E-state index contributed by atoms with van der Waals surface area (Å²) < 4.78 is 0. The third kappa shape index (κ3) is 4.50. The van der Waals surface area contributed by atoms with Crippen molar-refractivity contribution in [3.8, 4) is 0 Å². The van der Waals surface area contributed by atoms with Gasteiger partial charge in [-0.15, -0.1) is 0 Å². The van der Waals surface area contributed by atoms with Gasteiger partial charge in [0.2, 0.25) is 0 Å². The standard InChI is InChI=1S/C9H18/c1-4-7-8-9(5-2)6-3/h2,9H,4-8H2,1,3H3. The van der Waals surface area contributed by atoms with Crippen LogP contribution in [0.3, 0.4) is 0 Å². The summed E-state index contributed by atoms with van der Waals surface area (Å²) in [6.07, 6.45) is 6.09. The predicted molar refractivity (Wildman–Crippen MR) is 42.2 cm³/mol. The highest BCUT2D eigenvalue weighted by atomic mass is 14.1. The van der Waals surface area contributed by atoms with Crippen LogP contribution in [0.5, 0.6) is 0 Å².